The van der Waals surface area contributed by atoms with E-state index in [0.29, 0.717) is 16.0 Å². The Labute approximate surface area is 114 Å². The molecule has 4 nitrogen and oxygen atoms in total. The Kier molecular flexibility index (Phi) is 5.53. The van der Waals surface area contributed by atoms with Crippen molar-refractivity contribution >= 4 is 5.91 Å². The number of carbonyl (C=O) groups is 1. The topological polar surface area (TPSA) is 64.3 Å². The average molecular weight is 286 g/mol. The van der Waals surface area contributed by atoms with Crippen LogP contribution in [0.2, 0.25) is 0 Å². The van der Waals surface area contributed by atoms with Gasteiger partial charge in [0.25, 0.3) is 0 Å². The summed E-state index contributed by atoms with van der Waals surface area (Å²) in [4.78, 5) is 12.4. The number of hydrogen-bond acceptors (Lipinski definition) is 3. The Morgan fingerprint density at radius 1 is 1.30 bits per heavy atom. The first kappa shape index (κ1) is 16.0. The third-order valence-electron chi connectivity index (χ3n) is 2.53. The van der Waals surface area contributed by atoms with Gasteiger partial charge in [-0.1, -0.05) is 12.1 Å². The van der Waals surface area contributed by atoms with Crippen LogP contribution in [0.15, 0.2) is 24.3 Å². The summed E-state index contributed by atoms with van der Waals surface area (Å²) in [7, 11) is 0. The van der Waals surface area contributed by atoms with E-state index in [0.717, 1.165) is 0 Å². The van der Waals surface area contributed by atoms with Crippen LogP contribution >= 0.6 is 0 Å². The van der Waals surface area contributed by atoms with Crippen molar-refractivity contribution in [3.63, 3.8) is 0 Å². The van der Waals surface area contributed by atoms with E-state index in [9.17, 15) is 18.0 Å². The van der Waals surface area contributed by atoms with Gasteiger partial charge < -0.3 is 10.0 Å². The molecule has 0 heterocycles. The molecule has 0 aliphatic rings. The lowest BCUT2D eigenvalue weighted by atomic mass is 10.1. The average Bonchev–Trinajstić information content (AvgIpc) is 2.37. The van der Waals surface area contributed by atoms with Crippen LogP contribution in [0.3, 0.4) is 0 Å². The van der Waals surface area contributed by atoms with E-state index >= 15 is 0 Å². The molecule has 0 spiro atoms. The van der Waals surface area contributed by atoms with Crippen LogP contribution < -0.4 is 0 Å². The Hall–Kier alpha value is -2.07. The number of carbonyl (C=O) groups excluding carboxylic acids is 1. The summed E-state index contributed by atoms with van der Waals surface area (Å²) in [6.07, 6.45) is -4.71. The molecule has 1 rings (SSSR count). The molecule has 0 aliphatic carbocycles. The van der Waals surface area contributed by atoms with Gasteiger partial charge in [-0.05, 0) is 17.7 Å². The molecule has 0 radical (unpaired) electrons. The molecule has 0 bridgehead atoms. The molecule has 0 fully saturated rings. The molecule has 0 aliphatic heterocycles. The Morgan fingerprint density at radius 3 is 2.35 bits per heavy atom. The smallest absolute Gasteiger partial charge is 0.395 e. The van der Waals surface area contributed by atoms with Crippen molar-refractivity contribution in [2.45, 2.75) is 12.6 Å². The quantitative estimate of drug-likeness (QED) is 0.891. The third-order valence-corrected chi connectivity index (χ3v) is 2.53. The Balaban J connectivity index is 2.72. The largest absolute Gasteiger partial charge is 0.406 e. The molecule has 0 saturated carbocycles. The number of alkyl halides is 3. The van der Waals surface area contributed by atoms with Crippen molar-refractivity contribution in [2.24, 2.45) is 0 Å². The number of aliphatic hydroxyl groups is 1. The van der Waals surface area contributed by atoms with Gasteiger partial charge in [-0.2, -0.15) is 18.4 Å². The highest BCUT2D eigenvalue weighted by Gasteiger charge is 2.32. The second-order valence-corrected chi connectivity index (χ2v) is 4.14. The standard InChI is InChI=1S/C13H13F3N2O2/c14-13(15,16)9-18(5-6-19)12(20)7-10-1-3-11(8-17)4-2-10/h1-4,19H,5-7,9H2. The summed E-state index contributed by atoms with van der Waals surface area (Å²) in [5.41, 5.74) is 0.919. The second-order valence-electron chi connectivity index (χ2n) is 4.14. The summed E-state index contributed by atoms with van der Waals surface area (Å²) >= 11 is 0. The van der Waals surface area contributed by atoms with Gasteiger partial charge in [0.2, 0.25) is 5.91 Å². The fourth-order valence-corrected chi connectivity index (χ4v) is 1.61. The molecule has 0 saturated heterocycles. The Bertz CT molecular complexity index is 492. The lowest BCUT2D eigenvalue weighted by Crippen LogP contribution is -2.41. The molecule has 7 heteroatoms. The normalized spacial score (nSPS) is 10.9. The lowest BCUT2D eigenvalue weighted by Gasteiger charge is -2.23. The number of hydrogen-bond donors (Lipinski definition) is 1. The van der Waals surface area contributed by atoms with Gasteiger partial charge in [0, 0.05) is 6.54 Å². The van der Waals surface area contributed by atoms with Crippen molar-refractivity contribution in [3.8, 4) is 6.07 Å². The maximum Gasteiger partial charge on any atom is 0.406 e. The van der Waals surface area contributed by atoms with Crippen LogP contribution in [0, 0.1) is 11.3 Å². The minimum absolute atomic E-state index is 0.207. The van der Waals surface area contributed by atoms with Gasteiger partial charge in [0.05, 0.1) is 24.7 Å². The summed E-state index contributed by atoms with van der Waals surface area (Å²) in [5.74, 6) is -0.721. The molecular weight excluding hydrogens is 273 g/mol. The maximum absolute atomic E-state index is 12.3. The first-order chi connectivity index (χ1) is 9.35. The fraction of sp³-hybridized carbons (Fsp3) is 0.385. The zero-order chi connectivity index (χ0) is 15.2. The summed E-state index contributed by atoms with van der Waals surface area (Å²) in [6.45, 7) is -2.29. The van der Waals surface area contributed by atoms with Crippen LogP contribution in [0.4, 0.5) is 13.2 Å². The van der Waals surface area contributed by atoms with Gasteiger partial charge in [0.15, 0.2) is 0 Å². The van der Waals surface area contributed by atoms with Crippen molar-refractivity contribution in [2.75, 3.05) is 19.7 Å². The predicted molar refractivity (Wildman–Crippen MR) is 64.6 cm³/mol. The SMILES string of the molecule is N#Cc1ccc(CC(=O)N(CCO)CC(F)(F)F)cc1. The highest BCUT2D eigenvalue weighted by Crippen LogP contribution is 2.17. The number of nitrogens with zero attached hydrogens (tertiary/aromatic N) is 2. The summed E-state index contributed by atoms with van der Waals surface area (Å²) < 4.78 is 36.9. The minimum Gasteiger partial charge on any atom is -0.395 e. The zero-order valence-corrected chi connectivity index (χ0v) is 10.5. The van der Waals surface area contributed by atoms with Gasteiger partial charge in [-0.25, -0.2) is 0 Å². The van der Waals surface area contributed by atoms with E-state index in [2.05, 4.69) is 0 Å². The van der Waals surface area contributed by atoms with Crippen molar-refractivity contribution < 1.29 is 23.1 Å². The zero-order valence-electron chi connectivity index (χ0n) is 10.5. The Morgan fingerprint density at radius 2 is 1.90 bits per heavy atom. The van der Waals surface area contributed by atoms with Crippen molar-refractivity contribution in [1.82, 2.24) is 4.90 Å². The summed E-state index contributed by atoms with van der Waals surface area (Å²) in [5, 5.41) is 17.3. The van der Waals surface area contributed by atoms with Gasteiger partial charge in [-0.15, -0.1) is 0 Å². The molecule has 0 atom stereocenters. The monoisotopic (exact) mass is 286 g/mol. The van der Waals surface area contributed by atoms with E-state index in [1.54, 1.807) is 0 Å². The number of benzene rings is 1. The van der Waals surface area contributed by atoms with E-state index in [4.69, 9.17) is 10.4 Å². The first-order valence-corrected chi connectivity index (χ1v) is 5.80. The van der Waals surface area contributed by atoms with Gasteiger partial charge in [-0.3, -0.25) is 4.79 Å². The molecular formula is C13H13F3N2O2. The van der Waals surface area contributed by atoms with Gasteiger partial charge in [0.1, 0.15) is 6.54 Å². The number of rotatable bonds is 5. The van der Waals surface area contributed by atoms with Crippen LogP contribution in [0.25, 0.3) is 0 Å². The number of aliphatic hydroxyl groups excluding tert-OH is 1. The number of halogens is 3. The predicted octanol–water partition coefficient (Wildman–Crippen LogP) is 1.48. The molecule has 1 amide bonds. The van der Waals surface area contributed by atoms with Crippen LogP contribution in [0.1, 0.15) is 11.1 Å². The molecule has 108 valence electrons. The van der Waals surface area contributed by atoms with Crippen LogP contribution in [0.5, 0.6) is 0 Å². The molecule has 1 aromatic carbocycles. The van der Waals surface area contributed by atoms with Gasteiger partial charge >= 0.3 is 6.18 Å². The molecule has 20 heavy (non-hydrogen) atoms. The van der Waals surface area contributed by atoms with E-state index in [1.807, 2.05) is 6.07 Å². The molecule has 1 aromatic rings. The molecule has 0 unspecified atom stereocenters. The summed E-state index contributed by atoms with van der Waals surface area (Å²) in [6, 6.07) is 7.91. The number of amides is 1. The highest BCUT2D eigenvalue weighted by atomic mass is 19.4. The number of nitriles is 1. The van der Waals surface area contributed by atoms with E-state index in [-0.39, 0.29) is 13.0 Å². The van der Waals surface area contributed by atoms with Crippen LogP contribution in [-0.4, -0.2) is 41.8 Å². The second kappa shape index (κ2) is 6.91. The van der Waals surface area contributed by atoms with Crippen LogP contribution in [-0.2, 0) is 11.2 Å². The van der Waals surface area contributed by atoms with E-state index < -0.39 is 25.2 Å². The third kappa shape index (κ3) is 5.28. The molecule has 1 N–H and O–H groups in total. The molecule has 0 aromatic heterocycles. The van der Waals surface area contributed by atoms with Crippen molar-refractivity contribution in [3.05, 3.63) is 35.4 Å². The first-order valence-electron chi connectivity index (χ1n) is 5.80. The highest BCUT2D eigenvalue weighted by molar-refractivity contribution is 5.78. The minimum atomic E-state index is -4.50. The lowest BCUT2D eigenvalue weighted by molar-refractivity contribution is -0.161. The fourth-order valence-electron chi connectivity index (χ4n) is 1.61. The van der Waals surface area contributed by atoms with E-state index in [1.165, 1.54) is 24.3 Å². The maximum atomic E-state index is 12.3. The van der Waals surface area contributed by atoms with Crippen molar-refractivity contribution in [1.29, 1.82) is 5.26 Å².